The Kier molecular flexibility index (Phi) is 6.95. The number of anilines is 2. The number of carbonyl (C=O) groups is 2. The summed E-state index contributed by atoms with van der Waals surface area (Å²) in [5.41, 5.74) is 0.593. The number of nitrogens with zero attached hydrogens (tertiary/aromatic N) is 1. The van der Waals surface area contributed by atoms with Gasteiger partial charge in [-0.15, -0.1) is 0 Å². The molecule has 2 aromatic carbocycles. The van der Waals surface area contributed by atoms with E-state index in [0.717, 1.165) is 23.3 Å². The summed E-state index contributed by atoms with van der Waals surface area (Å²) in [4.78, 5) is 28.0. The molecule has 0 spiro atoms. The van der Waals surface area contributed by atoms with Gasteiger partial charge in [0, 0.05) is 31.3 Å². The summed E-state index contributed by atoms with van der Waals surface area (Å²) in [5.74, 6) is 0.451. The first-order chi connectivity index (χ1) is 16.6. The molecule has 3 aromatic rings. The van der Waals surface area contributed by atoms with Crippen molar-refractivity contribution < 1.29 is 32.2 Å². The second-order valence-corrected chi connectivity index (χ2v) is 8.18. The highest BCUT2D eigenvalue weighted by atomic mass is 35.5. The van der Waals surface area contributed by atoms with E-state index in [0.29, 0.717) is 17.3 Å². The molecule has 1 atom stereocenters. The maximum absolute atomic E-state index is 13.1. The second-order valence-electron chi connectivity index (χ2n) is 7.78. The molecule has 0 saturated heterocycles. The van der Waals surface area contributed by atoms with Gasteiger partial charge in [-0.2, -0.15) is 13.2 Å². The van der Waals surface area contributed by atoms with Gasteiger partial charge in [-0.3, -0.25) is 9.59 Å². The fourth-order valence-electron chi connectivity index (χ4n) is 3.52. The number of alkyl halides is 3. The minimum absolute atomic E-state index is 0.0362. The Hall–Kier alpha value is -3.63. The Morgan fingerprint density at radius 2 is 1.83 bits per heavy atom. The van der Waals surface area contributed by atoms with Crippen molar-refractivity contribution in [3.8, 4) is 11.5 Å². The van der Waals surface area contributed by atoms with E-state index < -0.39 is 28.8 Å². The van der Waals surface area contributed by atoms with Crippen molar-refractivity contribution in [3.63, 3.8) is 0 Å². The van der Waals surface area contributed by atoms with Gasteiger partial charge >= 0.3 is 6.18 Å². The summed E-state index contributed by atoms with van der Waals surface area (Å²) >= 11 is 5.63. The molecule has 0 radical (unpaired) electrons. The largest absolute Gasteiger partial charge is 0.457 e. The summed E-state index contributed by atoms with van der Waals surface area (Å²) in [6, 6.07) is 11.7. The number of amides is 2. The van der Waals surface area contributed by atoms with Crippen molar-refractivity contribution in [2.24, 2.45) is 0 Å². The lowest BCUT2D eigenvalue weighted by atomic mass is 9.98. The molecule has 182 valence electrons. The molecule has 1 aromatic heterocycles. The fraction of sp³-hybridized carbons (Fsp3) is 0.208. The predicted octanol–water partition coefficient (Wildman–Crippen LogP) is 5.58. The van der Waals surface area contributed by atoms with E-state index in [1.165, 1.54) is 19.2 Å². The maximum Gasteiger partial charge on any atom is 0.417 e. The molecule has 0 aliphatic carbocycles. The number of ether oxygens (including phenoxy) is 2. The summed E-state index contributed by atoms with van der Waals surface area (Å²) in [6.07, 6.45) is -3.86. The third-order valence-electron chi connectivity index (χ3n) is 5.13. The Morgan fingerprint density at radius 3 is 2.57 bits per heavy atom. The number of halogens is 4. The number of hydrogen-bond acceptors (Lipinski definition) is 5. The van der Waals surface area contributed by atoms with Gasteiger partial charge in [0.05, 0.1) is 17.2 Å². The quantitative estimate of drug-likeness (QED) is 0.472. The zero-order chi connectivity index (χ0) is 25.2. The van der Waals surface area contributed by atoms with Crippen molar-refractivity contribution in [1.29, 1.82) is 0 Å². The Morgan fingerprint density at radius 1 is 1.06 bits per heavy atom. The van der Waals surface area contributed by atoms with Gasteiger partial charge in [0.2, 0.25) is 5.91 Å². The highest BCUT2D eigenvalue weighted by molar-refractivity contribution is 6.31. The first kappa shape index (κ1) is 24.5. The lowest BCUT2D eigenvalue weighted by Crippen LogP contribution is -2.35. The molecule has 4 rings (SSSR count). The van der Waals surface area contributed by atoms with Gasteiger partial charge in [-0.1, -0.05) is 17.7 Å². The van der Waals surface area contributed by atoms with E-state index in [2.05, 4.69) is 15.6 Å². The maximum atomic E-state index is 13.1. The normalized spacial score (nSPS) is 15.2. The highest BCUT2D eigenvalue weighted by Gasteiger charge is 2.34. The zero-order valence-electron chi connectivity index (χ0n) is 18.3. The number of aromatic nitrogens is 1. The first-order valence-electron chi connectivity index (χ1n) is 10.4. The molecule has 11 heteroatoms. The van der Waals surface area contributed by atoms with E-state index in [1.54, 1.807) is 24.3 Å². The lowest BCUT2D eigenvalue weighted by molar-refractivity contribution is -0.137. The van der Waals surface area contributed by atoms with Crippen molar-refractivity contribution >= 4 is 34.9 Å². The molecule has 2 N–H and O–H groups in total. The van der Waals surface area contributed by atoms with Crippen LogP contribution in [0.15, 0.2) is 54.7 Å². The Balaban J connectivity index is 1.46. The molecule has 1 aliphatic rings. The average molecular weight is 506 g/mol. The summed E-state index contributed by atoms with van der Waals surface area (Å²) in [6.45, 7) is 1.53. The number of benzene rings is 2. The summed E-state index contributed by atoms with van der Waals surface area (Å²) < 4.78 is 50.8. The van der Waals surface area contributed by atoms with Crippen LogP contribution in [0.25, 0.3) is 0 Å². The van der Waals surface area contributed by atoms with Gasteiger partial charge < -0.3 is 20.1 Å². The van der Waals surface area contributed by atoms with Crippen molar-refractivity contribution in [3.05, 3.63) is 76.4 Å². The zero-order valence-corrected chi connectivity index (χ0v) is 19.0. The van der Waals surface area contributed by atoms with E-state index in [1.807, 2.05) is 6.07 Å². The van der Waals surface area contributed by atoms with Crippen molar-refractivity contribution in [2.45, 2.75) is 32.2 Å². The standard InChI is InChI=1S/C24H19ClF3N3O4/c1-13(32)30-22-11-18(6-7-29-22)35-17-4-2-14-12-34-21(9-15(14)8-17)23(33)31-16-3-5-20(25)19(10-16)24(26,27)28/h2-8,10-11,21H,9,12H2,1H3,(H,31,33)(H,29,30,32). The van der Waals surface area contributed by atoms with Crippen LogP contribution in [-0.4, -0.2) is 22.9 Å². The molecule has 2 amide bonds. The number of carbonyl (C=O) groups excluding carboxylic acids is 2. The molecule has 1 aliphatic heterocycles. The van der Waals surface area contributed by atoms with E-state index in [9.17, 15) is 22.8 Å². The Labute approximate surface area is 203 Å². The minimum Gasteiger partial charge on any atom is -0.457 e. The minimum atomic E-state index is -4.65. The monoisotopic (exact) mass is 505 g/mol. The van der Waals surface area contributed by atoms with Crippen LogP contribution in [0.2, 0.25) is 5.02 Å². The third-order valence-corrected chi connectivity index (χ3v) is 5.46. The highest BCUT2D eigenvalue weighted by Crippen LogP contribution is 2.36. The van der Waals surface area contributed by atoms with Gasteiger partial charge in [-0.25, -0.2) is 4.98 Å². The number of fused-ring (bicyclic) bond motifs is 1. The second kappa shape index (κ2) is 9.93. The van der Waals surface area contributed by atoms with Crippen molar-refractivity contribution in [1.82, 2.24) is 4.98 Å². The Bertz CT molecular complexity index is 1280. The fourth-order valence-corrected chi connectivity index (χ4v) is 3.74. The van der Waals surface area contributed by atoms with E-state index in [-0.39, 0.29) is 24.6 Å². The summed E-state index contributed by atoms with van der Waals surface area (Å²) in [7, 11) is 0. The van der Waals surface area contributed by atoms with Gasteiger partial charge in [0.25, 0.3) is 5.91 Å². The van der Waals surface area contributed by atoms with Crippen LogP contribution in [0, 0.1) is 0 Å². The van der Waals surface area contributed by atoms with Gasteiger partial charge in [0.1, 0.15) is 23.4 Å². The van der Waals surface area contributed by atoms with Crippen LogP contribution < -0.4 is 15.4 Å². The van der Waals surface area contributed by atoms with Crippen molar-refractivity contribution in [2.75, 3.05) is 10.6 Å². The number of nitrogens with one attached hydrogen (secondary N) is 2. The molecular weight excluding hydrogens is 487 g/mol. The topological polar surface area (TPSA) is 89.5 Å². The van der Waals surface area contributed by atoms with Crippen LogP contribution in [0.4, 0.5) is 24.7 Å². The molecule has 1 unspecified atom stereocenters. The average Bonchev–Trinajstić information content (AvgIpc) is 2.79. The molecular formula is C24H19ClF3N3O4. The lowest BCUT2D eigenvalue weighted by Gasteiger charge is -2.25. The van der Waals surface area contributed by atoms with Gasteiger partial charge in [-0.05, 0) is 47.5 Å². The third kappa shape index (κ3) is 6.09. The molecule has 7 nitrogen and oxygen atoms in total. The predicted molar refractivity (Wildman–Crippen MR) is 122 cm³/mol. The summed E-state index contributed by atoms with van der Waals surface area (Å²) in [5, 5.41) is 4.58. The molecule has 0 saturated carbocycles. The molecule has 0 fully saturated rings. The van der Waals surface area contributed by atoms with E-state index in [4.69, 9.17) is 21.1 Å². The smallest absolute Gasteiger partial charge is 0.417 e. The number of rotatable bonds is 5. The first-order valence-corrected chi connectivity index (χ1v) is 10.8. The molecule has 0 bridgehead atoms. The van der Waals surface area contributed by atoms with Crippen LogP contribution >= 0.6 is 11.6 Å². The number of pyridine rings is 1. The van der Waals surface area contributed by atoms with Crippen LogP contribution in [0.1, 0.15) is 23.6 Å². The van der Waals surface area contributed by atoms with Gasteiger partial charge in [0.15, 0.2) is 0 Å². The number of hydrogen-bond donors (Lipinski definition) is 2. The van der Waals surface area contributed by atoms with Crippen LogP contribution in [0.3, 0.4) is 0 Å². The molecule has 35 heavy (non-hydrogen) atoms. The van der Waals surface area contributed by atoms with Crippen LogP contribution in [-0.2, 0) is 33.5 Å². The SMILES string of the molecule is CC(=O)Nc1cc(Oc2ccc3c(c2)CC(C(=O)Nc2ccc(Cl)c(C(F)(F)F)c2)OC3)ccn1. The van der Waals surface area contributed by atoms with E-state index >= 15 is 0 Å². The molecule has 2 heterocycles. The van der Waals surface area contributed by atoms with Crippen LogP contribution in [0.5, 0.6) is 11.5 Å².